The van der Waals surface area contributed by atoms with Crippen LogP contribution >= 0.6 is 0 Å². The van der Waals surface area contributed by atoms with Crippen molar-refractivity contribution in [3.8, 4) is 0 Å². The highest BCUT2D eigenvalue weighted by Gasteiger charge is 2.42. The Morgan fingerprint density at radius 2 is 1.88 bits per heavy atom. The van der Waals surface area contributed by atoms with E-state index in [1.165, 1.54) is 0 Å². The summed E-state index contributed by atoms with van der Waals surface area (Å²) in [5.74, 6) is -0.844. The second kappa shape index (κ2) is 7.62. The van der Waals surface area contributed by atoms with Gasteiger partial charge >= 0.3 is 0 Å². The Morgan fingerprint density at radius 3 is 2.42 bits per heavy atom. The number of benzene rings is 1. The predicted molar refractivity (Wildman–Crippen MR) is 93.6 cm³/mol. The van der Waals surface area contributed by atoms with Gasteiger partial charge in [0, 0.05) is 19.5 Å². The molecule has 0 bridgehead atoms. The topological polar surface area (TPSA) is 60.9 Å². The minimum atomic E-state index is -0.509. The summed E-state index contributed by atoms with van der Waals surface area (Å²) in [7, 11) is 3.85. The summed E-state index contributed by atoms with van der Waals surface area (Å²) in [6.07, 6.45) is 0.317. The number of hydrogen-bond acceptors (Lipinski definition) is 4. The molecule has 0 spiro atoms. The van der Waals surface area contributed by atoms with Gasteiger partial charge in [0.25, 0.3) is 5.91 Å². The molecule has 1 amide bonds. The average Bonchev–Trinajstić information content (AvgIpc) is 2.77. The highest BCUT2D eigenvalue weighted by Crippen LogP contribution is 2.38. The molecule has 0 saturated carbocycles. The van der Waals surface area contributed by atoms with E-state index in [-0.39, 0.29) is 17.3 Å². The molecule has 1 N–H and O–H groups in total. The molecule has 0 aromatic heterocycles. The van der Waals surface area contributed by atoms with Crippen LogP contribution in [0.5, 0.6) is 0 Å². The van der Waals surface area contributed by atoms with Crippen molar-refractivity contribution in [1.82, 2.24) is 9.80 Å². The van der Waals surface area contributed by atoms with E-state index in [0.29, 0.717) is 19.5 Å². The number of nitrogens with zero attached hydrogens (tertiary/aromatic N) is 2. The van der Waals surface area contributed by atoms with Gasteiger partial charge in [-0.2, -0.15) is 0 Å². The number of carbonyl (C=O) groups is 2. The van der Waals surface area contributed by atoms with Crippen molar-refractivity contribution in [3.05, 3.63) is 47.2 Å². The summed E-state index contributed by atoms with van der Waals surface area (Å²) in [6, 6.07) is 8.92. The number of carbonyl (C=O) groups excluding carboxylic acids is 2. The maximum atomic E-state index is 12.7. The van der Waals surface area contributed by atoms with Crippen LogP contribution in [0.1, 0.15) is 31.9 Å². The van der Waals surface area contributed by atoms with Gasteiger partial charge in [-0.1, -0.05) is 44.2 Å². The zero-order chi connectivity index (χ0) is 17.9. The van der Waals surface area contributed by atoms with E-state index in [2.05, 4.69) is 0 Å². The lowest BCUT2D eigenvalue weighted by molar-refractivity contribution is -0.129. The third-order valence-corrected chi connectivity index (χ3v) is 4.10. The molecule has 1 aromatic carbocycles. The first-order valence-electron chi connectivity index (χ1n) is 8.30. The van der Waals surface area contributed by atoms with Crippen LogP contribution in [0, 0.1) is 5.92 Å². The number of aliphatic hydroxyl groups excluding tert-OH is 1. The molecule has 24 heavy (non-hydrogen) atoms. The maximum Gasteiger partial charge on any atom is 0.290 e. The van der Waals surface area contributed by atoms with E-state index in [1.807, 2.05) is 63.2 Å². The van der Waals surface area contributed by atoms with Gasteiger partial charge in [-0.15, -0.1) is 0 Å². The highest BCUT2D eigenvalue weighted by molar-refractivity contribution is 6.09. The molecular formula is C19H26N2O3. The molecule has 0 radical (unpaired) electrons. The van der Waals surface area contributed by atoms with Crippen molar-refractivity contribution in [3.63, 3.8) is 0 Å². The van der Waals surface area contributed by atoms with Crippen LogP contribution < -0.4 is 0 Å². The quantitative estimate of drug-likeness (QED) is 0.835. The first-order valence-corrected chi connectivity index (χ1v) is 8.30. The van der Waals surface area contributed by atoms with Crippen molar-refractivity contribution in [2.75, 3.05) is 27.2 Å². The third-order valence-electron chi connectivity index (χ3n) is 4.10. The molecule has 1 aliphatic rings. The zero-order valence-corrected chi connectivity index (χ0v) is 14.8. The van der Waals surface area contributed by atoms with Crippen LogP contribution in [0.2, 0.25) is 0 Å². The van der Waals surface area contributed by atoms with Crippen molar-refractivity contribution >= 4 is 11.7 Å². The lowest BCUT2D eigenvalue weighted by Crippen LogP contribution is -2.36. The van der Waals surface area contributed by atoms with Crippen LogP contribution in [0.15, 0.2) is 41.7 Å². The van der Waals surface area contributed by atoms with Crippen LogP contribution in [0.4, 0.5) is 0 Å². The van der Waals surface area contributed by atoms with Crippen LogP contribution in [-0.4, -0.2) is 53.8 Å². The number of amides is 1. The Morgan fingerprint density at radius 1 is 1.25 bits per heavy atom. The number of likely N-dealkylation sites (N-methyl/N-ethyl adjacent to an activating group) is 1. The van der Waals surface area contributed by atoms with Gasteiger partial charge in [0.15, 0.2) is 11.5 Å². The molecule has 1 heterocycles. The minimum absolute atomic E-state index is 0.156. The smallest absolute Gasteiger partial charge is 0.290 e. The fourth-order valence-corrected chi connectivity index (χ4v) is 2.94. The molecular weight excluding hydrogens is 304 g/mol. The Balaban J connectivity index is 2.41. The standard InChI is InChI=1S/C19H26N2O3/c1-13(2)12-15(22)16-17(14-8-6-5-7-9-14)21(11-10-20(3)4)19(24)18(16)23/h5-9,13,17,23H,10-12H2,1-4H3. The molecule has 2 rings (SSSR count). The van der Waals surface area contributed by atoms with Crippen molar-refractivity contribution in [2.24, 2.45) is 5.92 Å². The Hall–Kier alpha value is -2.14. The average molecular weight is 330 g/mol. The van der Waals surface area contributed by atoms with E-state index in [1.54, 1.807) is 4.90 Å². The molecule has 5 nitrogen and oxygen atoms in total. The van der Waals surface area contributed by atoms with Crippen molar-refractivity contribution < 1.29 is 14.7 Å². The monoisotopic (exact) mass is 330 g/mol. The molecule has 0 fully saturated rings. The summed E-state index contributed by atoms with van der Waals surface area (Å²) in [5.41, 5.74) is 1.08. The minimum Gasteiger partial charge on any atom is -0.503 e. The zero-order valence-electron chi connectivity index (χ0n) is 14.8. The van der Waals surface area contributed by atoms with E-state index in [4.69, 9.17) is 0 Å². The second-order valence-corrected chi connectivity index (χ2v) is 6.90. The lowest BCUT2D eigenvalue weighted by Gasteiger charge is -2.28. The third kappa shape index (κ3) is 3.85. The molecule has 130 valence electrons. The van der Waals surface area contributed by atoms with E-state index >= 15 is 0 Å². The molecule has 1 unspecified atom stereocenters. The highest BCUT2D eigenvalue weighted by atomic mass is 16.3. The molecule has 0 aliphatic carbocycles. The number of rotatable bonds is 7. The van der Waals surface area contributed by atoms with E-state index < -0.39 is 17.7 Å². The fraction of sp³-hybridized carbons (Fsp3) is 0.474. The first-order chi connectivity index (χ1) is 11.3. The normalized spacial score (nSPS) is 18.2. The van der Waals surface area contributed by atoms with Gasteiger partial charge < -0.3 is 14.9 Å². The van der Waals surface area contributed by atoms with Gasteiger partial charge in [-0.25, -0.2) is 0 Å². The van der Waals surface area contributed by atoms with Crippen LogP contribution in [-0.2, 0) is 9.59 Å². The van der Waals surface area contributed by atoms with Gasteiger partial charge in [0.2, 0.25) is 0 Å². The Kier molecular flexibility index (Phi) is 5.78. The second-order valence-electron chi connectivity index (χ2n) is 6.90. The molecule has 0 saturated heterocycles. The summed E-state index contributed by atoms with van der Waals surface area (Å²) in [6.45, 7) is 5.02. The van der Waals surface area contributed by atoms with Gasteiger partial charge in [-0.05, 0) is 25.6 Å². The SMILES string of the molecule is CC(C)CC(=O)C1=C(O)C(=O)N(CCN(C)C)C1c1ccccc1. The predicted octanol–water partition coefficient (Wildman–Crippen LogP) is 2.56. The van der Waals surface area contributed by atoms with Crippen molar-refractivity contribution in [2.45, 2.75) is 26.3 Å². The number of Topliss-reactive ketones (excluding diaryl/α,β-unsaturated/α-hetero) is 1. The summed E-state index contributed by atoms with van der Waals surface area (Å²) < 4.78 is 0. The molecule has 1 aliphatic heterocycles. The Labute approximate surface area is 143 Å². The van der Waals surface area contributed by atoms with E-state index in [9.17, 15) is 14.7 Å². The maximum absolute atomic E-state index is 12.7. The lowest BCUT2D eigenvalue weighted by atomic mass is 9.92. The first kappa shape index (κ1) is 18.2. The molecule has 1 atom stereocenters. The van der Waals surface area contributed by atoms with Gasteiger partial charge in [0.05, 0.1) is 11.6 Å². The van der Waals surface area contributed by atoms with Gasteiger partial charge in [0.1, 0.15) is 0 Å². The molecule has 5 heteroatoms. The number of ketones is 1. The Bertz CT molecular complexity index is 635. The summed E-state index contributed by atoms with van der Waals surface area (Å²) in [5, 5.41) is 10.4. The van der Waals surface area contributed by atoms with Gasteiger partial charge in [-0.3, -0.25) is 9.59 Å². The summed E-state index contributed by atoms with van der Waals surface area (Å²) in [4.78, 5) is 28.8. The van der Waals surface area contributed by atoms with Crippen LogP contribution in [0.25, 0.3) is 0 Å². The summed E-state index contributed by atoms with van der Waals surface area (Å²) >= 11 is 0. The van der Waals surface area contributed by atoms with Crippen LogP contribution in [0.3, 0.4) is 0 Å². The fourth-order valence-electron chi connectivity index (χ4n) is 2.94. The number of hydrogen-bond donors (Lipinski definition) is 1. The van der Waals surface area contributed by atoms with Crippen molar-refractivity contribution in [1.29, 1.82) is 0 Å². The number of aliphatic hydroxyl groups is 1. The molecule has 1 aromatic rings. The largest absolute Gasteiger partial charge is 0.503 e. The van der Waals surface area contributed by atoms with E-state index in [0.717, 1.165) is 5.56 Å².